The van der Waals surface area contributed by atoms with Gasteiger partial charge in [0.25, 0.3) is 0 Å². The summed E-state index contributed by atoms with van der Waals surface area (Å²) in [6.45, 7) is 6.31. The molecule has 0 aromatic carbocycles. The van der Waals surface area contributed by atoms with Crippen LogP contribution in [-0.2, 0) is 28.6 Å². The molecule has 69 heavy (non-hydrogen) atoms. The normalized spacial score (nSPS) is 13.1. The van der Waals surface area contributed by atoms with Crippen molar-refractivity contribution in [2.45, 2.75) is 232 Å². The van der Waals surface area contributed by atoms with Crippen LogP contribution in [0.2, 0.25) is 0 Å². The SMILES string of the molecule is CC/C=C\C/C=C\C/C=C\C/C=C\C/C=C\CCCCCC(=O)OC[C@H](COC(=O)CCC/C=C\C/C=C\C/C=C\C/C=C\C/C=C\CC)OC(=O)CCCCCCC/C=C\CCCCCCCC. The van der Waals surface area contributed by atoms with Gasteiger partial charge < -0.3 is 14.2 Å². The van der Waals surface area contributed by atoms with Gasteiger partial charge in [-0.3, -0.25) is 14.4 Å². The fourth-order valence-corrected chi connectivity index (χ4v) is 7.03. The Labute approximate surface area is 424 Å². The Hall–Kier alpha value is -4.45. The molecule has 6 nitrogen and oxygen atoms in total. The summed E-state index contributed by atoms with van der Waals surface area (Å²) in [5.41, 5.74) is 0. The van der Waals surface area contributed by atoms with Crippen molar-refractivity contribution in [1.82, 2.24) is 0 Å². The minimum absolute atomic E-state index is 0.121. The summed E-state index contributed by atoms with van der Waals surface area (Å²) in [5.74, 6) is -1.02. The number of carbonyl (C=O) groups excluding carboxylic acids is 3. The van der Waals surface area contributed by atoms with Gasteiger partial charge in [-0.25, -0.2) is 0 Å². The quantitative estimate of drug-likeness (QED) is 0.0262. The van der Waals surface area contributed by atoms with Crippen LogP contribution in [0.5, 0.6) is 0 Å². The van der Waals surface area contributed by atoms with E-state index in [2.05, 4.69) is 154 Å². The average Bonchev–Trinajstić information content (AvgIpc) is 3.35. The maximum Gasteiger partial charge on any atom is 0.306 e. The molecule has 0 saturated carbocycles. The molecule has 0 N–H and O–H groups in total. The van der Waals surface area contributed by atoms with E-state index >= 15 is 0 Å². The maximum absolute atomic E-state index is 12.8. The molecule has 6 heteroatoms. The van der Waals surface area contributed by atoms with Crippen LogP contribution >= 0.6 is 0 Å². The van der Waals surface area contributed by atoms with E-state index in [1.165, 1.54) is 51.4 Å². The third-order valence-electron chi connectivity index (χ3n) is 11.1. The predicted octanol–water partition coefficient (Wildman–Crippen LogP) is 18.6. The number of ether oxygens (including phenoxy) is 3. The topological polar surface area (TPSA) is 78.9 Å². The van der Waals surface area contributed by atoms with E-state index in [0.717, 1.165) is 128 Å². The van der Waals surface area contributed by atoms with Crippen molar-refractivity contribution in [3.63, 3.8) is 0 Å². The highest BCUT2D eigenvalue weighted by Crippen LogP contribution is 2.13. The first-order chi connectivity index (χ1) is 34.0. The number of rotatable bonds is 48. The zero-order valence-corrected chi connectivity index (χ0v) is 44.3. The lowest BCUT2D eigenvalue weighted by Crippen LogP contribution is -2.30. The zero-order chi connectivity index (χ0) is 50.0. The van der Waals surface area contributed by atoms with E-state index in [1.54, 1.807) is 0 Å². The van der Waals surface area contributed by atoms with Gasteiger partial charge in [0.15, 0.2) is 6.10 Å². The second-order valence-corrected chi connectivity index (χ2v) is 17.7. The molecule has 0 aliphatic rings. The molecule has 0 aromatic rings. The molecule has 0 heterocycles. The van der Waals surface area contributed by atoms with Crippen molar-refractivity contribution >= 4 is 17.9 Å². The van der Waals surface area contributed by atoms with E-state index in [4.69, 9.17) is 14.2 Å². The van der Waals surface area contributed by atoms with Crippen molar-refractivity contribution in [2.24, 2.45) is 0 Å². The van der Waals surface area contributed by atoms with Gasteiger partial charge in [0.05, 0.1) is 0 Å². The van der Waals surface area contributed by atoms with Gasteiger partial charge in [0.1, 0.15) is 13.2 Å². The Morgan fingerprint density at radius 2 is 0.580 bits per heavy atom. The van der Waals surface area contributed by atoms with E-state index in [0.29, 0.717) is 19.3 Å². The van der Waals surface area contributed by atoms with Crippen LogP contribution in [0.3, 0.4) is 0 Å². The molecule has 0 aliphatic carbocycles. The lowest BCUT2D eigenvalue weighted by atomic mass is 10.1. The van der Waals surface area contributed by atoms with E-state index in [1.807, 2.05) is 0 Å². The highest BCUT2D eigenvalue weighted by atomic mass is 16.6. The molecule has 0 aliphatic heterocycles. The first-order valence-corrected chi connectivity index (χ1v) is 27.7. The Morgan fingerprint density at radius 1 is 0.304 bits per heavy atom. The van der Waals surface area contributed by atoms with Gasteiger partial charge in [-0.05, 0) is 128 Å². The van der Waals surface area contributed by atoms with Gasteiger partial charge in [-0.15, -0.1) is 0 Å². The van der Waals surface area contributed by atoms with Crippen LogP contribution < -0.4 is 0 Å². The molecule has 0 fully saturated rings. The minimum atomic E-state index is -0.824. The monoisotopic (exact) mass is 953 g/mol. The zero-order valence-electron chi connectivity index (χ0n) is 44.3. The molecule has 0 amide bonds. The number of unbranched alkanes of at least 4 members (excludes halogenated alkanes) is 15. The number of allylic oxidation sites excluding steroid dienone is 22. The molecule has 0 unspecified atom stereocenters. The number of hydrogen-bond donors (Lipinski definition) is 0. The van der Waals surface area contributed by atoms with E-state index in [-0.39, 0.29) is 37.5 Å². The number of carbonyl (C=O) groups is 3. The summed E-state index contributed by atoms with van der Waals surface area (Å²) >= 11 is 0. The standard InChI is InChI=1S/C63H100O6/c1-4-7-10-13-16-19-22-25-28-30-31-33-36-38-41-44-47-50-53-56-62(65)68-59-60(69-63(66)57-54-51-48-45-42-39-34-27-24-21-18-15-12-9-6-3)58-67-61(64)55-52-49-46-43-40-37-35-32-29-26-23-20-17-14-11-8-5-2/h7-8,10-11,16-17,19-20,25-29,31,33-35,37-38,41,43,46,60H,4-6,9,12-15,18,21-24,30,32,36,39-40,42,44-45,47-59H2,1-3H3/b10-7-,11-8-,19-16-,20-17-,28-25-,29-26-,33-31-,34-27-,37-35-,41-38-,46-43-/t60-/m0/s1. The minimum Gasteiger partial charge on any atom is -0.462 e. The van der Waals surface area contributed by atoms with Gasteiger partial charge in [-0.2, -0.15) is 0 Å². The fraction of sp³-hybridized carbons (Fsp3) is 0.603. The molecule has 0 aromatic heterocycles. The van der Waals surface area contributed by atoms with E-state index < -0.39 is 6.10 Å². The van der Waals surface area contributed by atoms with Gasteiger partial charge in [0, 0.05) is 19.3 Å². The van der Waals surface area contributed by atoms with Crippen LogP contribution in [0.15, 0.2) is 134 Å². The first kappa shape index (κ1) is 64.5. The molecule has 0 rings (SSSR count). The third kappa shape index (κ3) is 54.4. The summed E-state index contributed by atoms with van der Waals surface area (Å²) in [5, 5.41) is 0. The summed E-state index contributed by atoms with van der Waals surface area (Å²) in [7, 11) is 0. The highest BCUT2D eigenvalue weighted by molar-refractivity contribution is 5.71. The molecule has 1 atom stereocenters. The molecule has 0 radical (unpaired) electrons. The second-order valence-electron chi connectivity index (χ2n) is 17.7. The van der Waals surface area contributed by atoms with Crippen LogP contribution in [0, 0.1) is 0 Å². The van der Waals surface area contributed by atoms with Crippen molar-refractivity contribution in [3.8, 4) is 0 Å². The van der Waals surface area contributed by atoms with Gasteiger partial charge >= 0.3 is 17.9 Å². The average molecular weight is 953 g/mol. The van der Waals surface area contributed by atoms with Gasteiger partial charge in [-0.1, -0.05) is 212 Å². The predicted molar refractivity (Wildman–Crippen MR) is 297 cm³/mol. The lowest BCUT2D eigenvalue weighted by molar-refractivity contribution is -0.167. The fourth-order valence-electron chi connectivity index (χ4n) is 7.03. The third-order valence-corrected chi connectivity index (χ3v) is 11.1. The van der Waals surface area contributed by atoms with Crippen LogP contribution in [0.25, 0.3) is 0 Å². The van der Waals surface area contributed by atoms with Crippen molar-refractivity contribution in [3.05, 3.63) is 134 Å². The summed E-state index contributed by atoms with van der Waals surface area (Å²) < 4.78 is 16.8. The van der Waals surface area contributed by atoms with Crippen molar-refractivity contribution in [1.29, 1.82) is 0 Å². The van der Waals surface area contributed by atoms with Crippen LogP contribution in [-0.4, -0.2) is 37.2 Å². The van der Waals surface area contributed by atoms with E-state index in [9.17, 15) is 14.4 Å². The summed E-state index contributed by atoms with van der Waals surface area (Å²) in [4.78, 5) is 38.1. The van der Waals surface area contributed by atoms with Gasteiger partial charge in [0.2, 0.25) is 0 Å². The molecular formula is C63H100O6. The molecular weight excluding hydrogens is 853 g/mol. The molecule has 388 valence electrons. The second kappa shape index (κ2) is 56.1. The largest absolute Gasteiger partial charge is 0.462 e. The van der Waals surface area contributed by atoms with Crippen molar-refractivity contribution < 1.29 is 28.6 Å². The summed E-state index contributed by atoms with van der Waals surface area (Å²) in [6, 6.07) is 0. The first-order valence-electron chi connectivity index (χ1n) is 27.7. The maximum atomic E-state index is 12.8. The van der Waals surface area contributed by atoms with Crippen LogP contribution in [0.1, 0.15) is 226 Å². The van der Waals surface area contributed by atoms with Crippen molar-refractivity contribution in [2.75, 3.05) is 13.2 Å². The Morgan fingerprint density at radius 3 is 0.971 bits per heavy atom. The number of esters is 3. The Balaban J connectivity index is 4.57. The summed E-state index contributed by atoms with van der Waals surface area (Å²) in [6.07, 6.45) is 78.7. The Kier molecular flexibility index (Phi) is 52.5. The smallest absolute Gasteiger partial charge is 0.306 e. The van der Waals surface area contributed by atoms with Crippen LogP contribution in [0.4, 0.5) is 0 Å². The molecule has 0 spiro atoms. The highest BCUT2D eigenvalue weighted by Gasteiger charge is 2.19. The number of hydrogen-bond acceptors (Lipinski definition) is 6. The molecule has 0 saturated heterocycles. The lowest BCUT2D eigenvalue weighted by Gasteiger charge is -2.18. The Bertz CT molecular complexity index is 1510. The molecule has 0 bridgehead atoms.